The van der Waals surface area contributed by atoms with Gasteiger partial charge in [0.2, 0.25) is 0 Å². The Balaban J connectivity index is 1.80. The second-order valence-corrected chi connectivity index (χ2v) is 7.89. The van der Waals surface area contributed by atoms with Gasteiger partial charge in [-0.2, -0.15) is 0 Å². The molecule has 5 rings (SSSR count). The highest BCUT2D eigenvalue weighted by molar-refractivity contribution is 6.31. The summed E-state index contributed by atoms with van der Waals surface area (Å²) < 4.78 is 16.8. The predicted octanol–water partition coefficient (Wildman–Crippen LogP) is 5.93. The lowest BCUT2D eigenvalue weighted by molar-refractivity contribution is 0.625. The fourth-order valence-electron chi connectivity index (χ4n) is 3.91. The molecule has 2 aliphatic rings. The number of nitrogens with zero attached hydrogens (tertiary/aromatic N) is 3. The van der Waals surface area contributed by atoms with E-state index in [1.165, 1.54) is 11.8 Å². The van der Waals surface area contributed by atoms with Crippen LogP contribution in [0.5, 0.6) is 0 Å². The molecule has 2 aromatic carbocycles. The lowest BCUT2D eigenvalue weighted by Gasteiger charge is -2.16. The van der Waals surface area contributed by atoms with Crippen molar-refractivity contribution in [1.29, 1.82) is 0 Å². The van der Waals surface area contributed by atoms with E-state index in [0.29, 0.717) is 28.8 Å². The molecule has 0 bridgehead atoms. The van der Waals surface area contributed by atoms with Gasteiger partial charge < -0.3 is 0 Å². The average molecular weight is 392 g/mol. The van der Waals surface area contributed by atoms with Crippen LogP contribution in [-0.2, 0) is 6.54 Å². The molecule has 140 valence electrons. The quantitative estimate of drug-likeness (QED) is 0.544. The summed E-state index contributed by atoms with van der Waals surface area (Å²) in [6.45, 7) is 6.49. The lowest BCUT2D eigenvalue weighted by atomic mass is 9.99. The molecule has 0 atom stereocenters. The van der Waals surface area contributed by atoms with Crippen molar-refractivity contribution in [2.24, 2.45) is 4.99 Å². The monoisotopic (exact) mass is 391 g/mol. The molecule has 3 nitrogen and oxygen atoms in total. The number of halogens is 2. The van der Waals surface area contributed by atoms with Crippen LogP contribution < -0.4 is 0 Å². The van der Waals surface area contributed by atoms with E-state index in [-0.39, 0.29) is 5.82 Å². The molecule has 0 spiro atoms. The van der Waals surface area contributed by atoms with Gasteiger partial charge in [0.05, 0.1) is 29.3 Å². The van der Waals surface area contributed by atoms with Crippen molar-refractivity contribution in [2.75, 3.05) is 0 Å². The minimum absolute atomic E-state index is 0.295. The number of aromatic nitrogens is 2. The van der Waals surface area contributed by atoms with Crippen molar-refractivity contribution < 1.29 is 4.39 Å². The zero-order chi connectivity index (χ0) is 19.4. The zero-order valence-corrected chi connectivity index (χ0v) is 16.3. The molecule has 28 heavy (non-hydrogen) atoms. The Morgan fingerprint density at radius 2 is 1.96 bits per heavy atom. The van der Waals surface area contributed by atoms with E-state index < -0.39 is 0 Å². The maximum atomic E-state index is 14.6. The molecule has 1 aromatic heterocycles. The van der Waals surface area contributed by atoms with Gasteiger partial charge in [0.1, 0.15) is 11.6 Å². The molecule has 2 heterocycles. The molecule has 0 unspecified atom stereocenters. The first-order valence-corrected chi connectivity index (χ1v) is 9.79. The Labute approximate surface area is 168 Å². The maximum absolute atomic E-state index is 14.6. The summed E-state index contributed by atoms with van der Waals surface area (Å²) in [4.78, 5) is 9.65. The smallest absolute Gasteiger partial charge is 0.136 e. The third-order valence-corrected chi connectivity index (χ3v) is 5.55. The third-order valence-electron chi connectivity index (χ3n) is 5.31. The first kappa shape index (κ1) is 17.4. The fourth-order valence-corrected chi connectivity index (χ4v) is 4.09. The molecule has 0 radical (unpaired) electrons. The van der Waals surface area contributed by atoms with Crippen LogP contribution in [0.4, 0.5) is 4.39 Å². The molecular formula is C23H19ClFN3. The predicted molar refractivity (Wildman–Crippen MR) is 111 cm³/mol. The zero-order valence-electron chi connectivity index (χ0n) is 15.5. The van der Waals surface area contributed by atoms with Crippen molar-refractivity contribution in [1.82, 2.24) is 9.55 Å². The van der Waals surface area contributed by atoms with Crippen LogP contribution in [0.25, 0.3) is 11.3 Å². The Hall–Kier alpha value is -2.72. The molecular weight excluding hydrogens is 373 g/mol. The summed E-state index contributed by atoms with van der Waals surface area (Å²) in [5.41, 5.74) is 5.96. The van der Waals surface area contributed by atoms with Gasteiger partial charge in [-0.05, 0) is 55.7 Å². The average Bonchev–Trinajstić information content (AvgIpc) is 3.46. The van der Waals surface area contributed by atoms with E-state index in [4.69, 9.17) is 21.6 Å². The topological polar surface area (TPSA) is 30.2 Å². The number of hydrogen-bond acceptors (Lipinski definition) is 2. The number of benzene rings is 2. The number of fused-ring (bicyclic) bond motifs is 3. The minimum atomic E-state index is -0.295. The highest BCUT2D eigenvalue weighted by atomic mass is 35.5. The van der Waals surface area contributed by atoms with Gasteiger partial charge in [-0.3, -0.25) is 9.56 Å². The number of imidazole rings is 1. The number of aliphatic imine (C=N–C) groups is 1. The van der Waals surface area contributed by atoms with E-state index in [9.17, 15) is 4.39 Å². The van der Waals surface area contributed by atoms with Crippen LogP contribution >= 0.6 is 11.6 Å². The largest absolute Gasteiger partial charge is 0.298 e. The molecule has 0 N–H and O–H groups in total. The van der Waals surface area contributed by atoms with E-state index in [0.717, 1.165) is 41.2 Å². The Bertz CT molecular complexity index is 1150. The Kier molecular flexibility index (Phi) is 3.98. The van der Waals surface area contributed by atoms with Gasteiger partial charge in [0.15, 0.2) is 0 Å². The maximum Gasteiger partial charge on any atom is 0.136 e. The van der Waals surface area contributed by atoms with Crippen molar-refractivity contribution in [3.63, 3.8) is 0 Å². The van der Waals surface area contributed by atoms with Crippen molar-refractivity contribution in [3.8, 4) is 5.69 Å². The van der Waals surface area contributed by atoms with Gasteiger partial charge in [-0.25, -0.2) is 9.37 Å². The van der Waals surface area contributed by atoms with Crippen LogP contribution in [0.3, 0.4) is 0 Å². The Morgan fingerprint density at radius 1 is 1.18 bits per heavy atom. The molecule has 3 aromatic rings. The van der Waals surface area contributed by atoms with Gasteiger partial charge in [0, 0.05) is 22.1 Å². The van der Waals surface area contributed by atoms with E-state index >= 15 is 0 Å². The molecule has 1 aliphatic heterocycles. The molecule has 5 heteroatoms. The summed E-state index contributed by atoms with van der Waals surface area (Å²) >= 11 is 6.33. The van der Waals surface area contributed by atoms with Crippen molar-refractivity contribution >= 4 is 22.9 Å². The van der Waals surface area contributed by atoms with Crippen LogP contribution in [0.2, 0.25) is 5.02 Å². The van der Waals surface area contributed by atoms with E-state index in [2.05, 4.69) is 11.1 Å². The van der Waals surface area contributed by atoms with Gasteiger partial charge in [-0.15, -0.1) is 0 Å². The van der Waals surface area contributed by atoms with Crippen molar-refractivity contribution in [2.45, 2.75) is 32.2 Å². The molecule has 1 saturated carbocycles. The van der Waals surface area contributed by atoms with E-state index in [1.54, 1.807) is 12.1 Å². The molecule has 0 saturated heterocycles. The summed E-state index contributed by atoms with van der Waals surface area (Å²) in [5.74, 6) is 1.04. The second-order valence-electron chi connectivity index (χ2n) is 7.46. The molecule has 0 amide bonds. The lowest BCUT2D eigenvalue weighted by Crippen LogP contribution is -2.10. The number of rotatable bonds is 3. The SMILES string of the molecule is C=C(C)c1nc2n(c1C1CC1)-c1ccc(Cl)cc1C(c1ccccc1F)=NC2. The standard InChI is InChI=1S/C23H19ClFN3/c1-13(2)21-23(14-7-8-14)28-19-10-9-15(24)11-17(19)22(26-12-20(28)27-21)16-5-3-4-6-18(16)25/h3-6,9-11,14H,1,7-8,12H2,2H3. The highest BCUT2D eigenvalue weighted by Gasteiger charge is 2.34. The second kappa shape index (κ2) is 6.42. The van der Waals surface area contributed by atoms with Crippen LogP contribution in [0.15, 0.2) is 54.0 Å². The van der Waals surface area contributed by atoms with E-state index in [1.807, 2.05) is 31.2 Å². The Morgan fingerprint density at radius 3 is 2.68 bits per heavy atom. The number of hydrogen-bond donors (Lipinski definition) is 0. The summed E-state index contributed by atoms with van der Waals surface area (Å²) in [5, 5.41) is 0.597. The summed E-state index contributed by atoms with van der Waals surface area (Å²) in [6.07, 6.45) is 2.30. The normalized spacial score (nSPS) is 15.5. The number of allylic oxidation sites excluding steroid dienone is 1. The van der Waals surface area contributed by atoms with Crippen LogP contribution in [-0.4, -0.2) is 15.3 Å². The van der Waals surface area contributed by atoms with Gasteiger partial charge in [-0.1, -0.05) is 30.3 Å². The molecule has 1 aliphatic carbocycles. The highest BCUT2D eigenvalue weighted by Crippen LogP contribution is 2.45. The molecule has 1 fully saturated rings. The fraction of sp³-hybridized carbons (Fsp3) is 0.217. The van der Waals surface area contributed by atoms with Crippen molar-refractivity contribution in [3.05, 3.63) is 88.2 Å². The van der Waals surface area contributed by atoms with Crippen LogP contribution in [0.1, 0.15) is 54.0 Å². The summed E-state index contributed by atoms with van der Waals surface area (Å²) in [7, 11) is 0. The first-order chi connectivity index (χ1) is 13.5. The summed E-state index contributed by atoms with van der Waals surface area (Å²) in [6, 6.07) is 12.4. The third kappa shape index (κ3) is 2.71. The van der Waals surface area contributed by atoms with Crippen LogP contribution in [0, 0.1) is 5.82 Å². The first-order valence-electron chi connectivity index (χ1n) is 9.41. The van der Waals surface area contributed by atoms with Gasteiger partial charge in [0.25, 0.3) is 0 Å². The minimum Gasteiger partial charge on any atom is -0.298 e. The van der Waals surface area contributed by atoms with Gasteiger partial charge >= 0.3 is 0 Å².